The minimum absolute atomic E-state index is 0.0517. The molecule has 1 aromatic rings. The molecule has 0 bridgehead atoms. The summed E-state index contributed by atoms with van der Waals surface area (Å²) in [4.78, 5) is 38.4. The average molecular weight is 745 g/mol. The van der Waals surface area contributed by atoms with Gasteiger partial charge in [-0.1, -0.05) is 6.07 Å². The maximum absolute atomic E-state index is 13.9. The van der Waals surface area contributed by atoms with E-state index < -0.39 is 41.7 Å². The van der Waals surface area contributed by atoms with Gasteiger partial charge in [-0.05, 0) is 51.7 Å². The van der Waals surface area contributed by atoms with Crippen LogP contribution >= 0.6 is 0 Å². The Balaban J connectivity index is 0.000000758. The standard InChI is InChI=1S/C25H37F3N4O4.C2HF3O2.CHF3.CH2O2/c1-23(2,34)24(9-7-17(15-24)29-18-8-14-36-16-19(18)35-3)22(33)32-12-10-31(11-13-32)21-6-4-5-20(30-21)25(26,27)28;3-2(4,5)1(6)7;2-1(3)4;2-1-3/h4-6,17-19,29,34H,7-16H2,1-3H3;(H,6,7);1H;1H,(H,2,3)/t17-,18?,19?,24-;;;/m1.../s1. The highest BCUT2D eigenvalue weighted by atomic mass is 19.4. The third kappa shape index (κ3) is 13.4. The molecule has 3 heterocycles. The van der Waals surface area contributed by atoms with E-state index in [4.69, 9.17) is 29.3 Å². The van der Waals surface area contributed by atoms with Gasteiger partial charge in [0.2, 0.25) is 5.91 Å². The van der Waals surface area contributed by atoms with Crippen molar-refractivity contribution < 1.29 is 78.7 Å². The second-order valence-corrected chi connectivity index (χ2v) is 11.8. The van der Waals surface area contributed by atoms with Gasteiger partial charge in [-0.25, -0.2) is 9.78 Å². The predicted octanol–water partition coefficient (Wildman–Crippen LogP) is 3.96. The summed E-state index contributed by atoms with van der Waals surface area (Å²) < 4.78 is 111. The quantitative estimate of drug-likeness (QED) is 0.247. The number of amides is 1. The molecule has 1 amide bonds. The molecule has 288 valence electrons. The largest absolute Gasteiger partial charge is 0.490 e. The van der Waals surface area contributed by atoms with E-state index >= 15 is 0 Å². The minimum atomic E-state index is -5.08. The summed E-state index contributed by atoms with van der Waals surface area (Å²) in [6.45, 7) is 2.14. The summed E-state index contributed by atoms with van der Waals surface area (Å²) in [7, 11) is 1.67. The molecule has 50 heavy (non-hydrogen) atoms. The van der Waals surface area contributed by atoms with E-state index in [1.807, 2.05) is 0 Å². The Kier molecular flexibility index (Phi) is 17.2. The Morgan fingerprint density at radius 1 is 1.08 bits per heavy atom. The molecule has 2 saturated heterocycles. The molecule has 4 atom stereocenters. The number of piperazine rings is 1. The first-order valence-corrected chi connectivity index (χ1v) is 15.0. The van der Waals surface area contributed by atoms with Crippen molar-refractivity contribution in [3.8, 4) is 0 Å². The number of alkyl halides is 9. The van der Waals surface area contributed by atoms with Crippen molar-refractivity contribution in [3.63, 3.8) is 0 Å². The molecule has 4 rings (SSSR count). The van der Waals surface area contributed by atoms with Crippen LogP contribution in [0.2, 0.25) is 0 Å². The third-order valence-electron chi connectivity index (χ3n) is 8.31. The summed E-state index contributed by atoms with van der Waals surface area (Å²) in [5.74, 6) is -2.60. The number of methoxy groups -OCH3 is 1. The number of nitrogens with zero attached hydrogens (tertiary/aromatic N) is 3. The van der Waals surface area contributed by atoms with Crippen LogP contribution in [-0.2, 0) is 30.0 Å². The molecule has 4 N–H and O–H groups in total. The fraction of sp³-hybridized carbons (Fsp3) is 0.724. The van der Waals surface area contributed by atoms with Crippen LogP contribution in [0.1, 0.15) is 45.2 Å². The molecule has 0 spiro atoms. The van der Waals surface area contributed by atoms with Gasteiger partial charge in [0.25, 0.3) is 6.47 Å². The number of hydrogen-bond acceptors (Lipinski definition) is 9. The van der Waals surface area contributed by atoms with Crippen LogP contribution in [-0.4, -0.2) is 127 Å². The molecule has 1 aromatic heterocycles. The maximum atomic E-state index is 13.9. The molecule has 2 unspecified atom stereocenters. The molecule has 21 heteroatoms. The topological polar surface area (TPSA) is 162 Å². The minimum Gasteiger partial charge on any atom is -0.483 e. The molecule has 0 aromatic carbocycles. The van der Waals surface area contributed by atoms with Crippen molar-refractivity contribution in [2.24, 2.45) is 5.41 Å². The highest BCUT2D eigenvalue weighted by Crippen LogP contribution is 2.48. The second-order valence-electron chi connectivity index (χ2n) is 11.8. The van der Waals surface area contributed by atoms with Crippen LogP contribution in [0.15, 0.2) is 18.2 Å². The summed E-state index contributed by atoms with van der Waals surface area (Å²) in [6.07, 6.45) is -6.98. The van der Waals surface area contributed by atoms with Gasteiger partial charge in [0.1, 0.15) is 11.5 Å². The van der Waals surface area contributed by atoms with E-state index in [0.29, 0.717) is 52.2 Å². The van der Waals surface area contributed by atoms with E-state index in [1.54, 1.807) is 36.8 Å². The number of hydrogen-bond donors (Lipinski definition) is 4. The zero-order chi connectivity index (χ0) is 38.5. The summed E-state index contributed by atoms with van der Waals surface area (Å²) >= 11 is 0. The van der Waals surface area contributed by atoms with Crippen molar-refractivity contribution in [1.82, 2.24) is 15.2 Å². The van der Waals surface area contributed by atoms with E-state index in [9.17, 15) is 49.4 Å². The van der Waals surface area contributed by atoms with Gasteiger partial charge in [-0.2, -0.15) is 39.5 Å². The number of carbonyl (C=O) groups is 3. The maximum Gasteiger partial charge on any atom is 0.490 e. The molecule has 3 aliphatic rings. The van der Waals surface area contributed by atoms with Gasteiger partial charge in [0.05, 0.1) is 23.7 Å². The van der Waals surface area contributed by atoms with Crippen LogP contribution in [0.5, 0.6) is 0 Å². The van der Waals surface area contributed by atoms with E-state index in [-0.39, 0.29) is 36.4 Å². The van der Waals surface area contributed by atoms with Gasteiger partial charge < -0.3 is 39.9 Å². The van der Waals surface area contributed by atoms with Crippen molar-refractivity contribution in [1.29, 1.82) is 0 Å². The van der Waals surface area contributed by atoms with Crippen LogP contribution in [0, 0.1) is 5.41 Å². The summed E-state index contributed by atoms with van der Waals surface area (Å²) in [5, 5.41) is 28.8. The van der Waals surface area contributed by atoms with Crippen LogP contribution in [0.25, 0.3) is 0 Å². The number of carboxylic acid groups (broad SMARTS) is 2. The summed E-state index contributed by atoms with van der Waals surface area (Å²) in [5.41, 5.74) is -3.09. The van der Waals surface area contributed by atoms with Crippen LogP contribution in [0.3, 0.4) is 0 Å². The first-order valence-electron chi connectivity index (χ1n) is 15.0. The predicted molar refractivity (Wildman–Crippen MR) is 157 cm³/mol. The number of aliphatic carboxylic acids is 1. The van der Waals surface area contributed by atoms with Crippen molar-refractivity contribution in [2.45, 2.75) is 82.4 Å². The number of halogens is 9. The molecule has 1 aliphatic carbocycles. The molecular formula is C29H41F9N4O8. The van der Waals surface area contributed by atoms with E-state index in [2.05, 4.69) is 10.3 Å². The van der Waals surface area contributed by atoms with Gasteiger partial charge in [-0.3, -0.25) is 9.59 Å². The number of aliphatic hydroxyl groups is 1. The molecule has 0 radical (unpaired) electrons. The van der Waals surface area contributed by atoms with E-state index in [1.165, 1.54) is 6.07 Å². The number of ether oxygens (including phenoxy) is 2. The Bertz CT molecular complexity index is 1210. The molecule has 12 nitrogen and oxygen atoms in total. The molecular weight excluding hydrogens is 703 g/mol. The first kappa shape index (κ1) is 44.6. The first-order chi connectivity index (χ1) is 23.0. The highest BCUT2D eigenvalue weighted by Gasteiger charge is 2.56. The monoisotopic (exact) mass is 744 g/mol. The van der Waals surface area contributed by atoms with Crippen LogP contribution < -0.4 is 10.2 Å². The lowest BCUT2D eigenvalue weighted by Gasteiger charge is -2.45. The van der Waals surface area contributed by atoms with Crippen molar-refractivity contribution in [2.75, 3.05) is 51.4 Å². The SMILES string of the molecule is COC1COCCC1N[C@@H]1CC[C@@](C(=O)N2CCN(c3cccc(C(F)(F)F)n3)CC2)(C(C)(C)O)C1.FC(F)F.O=C(O)C(F)(F)F.O=CO. The number of pyridine rings is 1. The third-order valence-corrected chi connectivity index (χ3v) is 8.31. The zero-order valence-corrected chi connectivity index (χ0v) is 27.3. The molecule has 1 saturated carbocycles. The Hall–Kier alpha value is -3.43. The normalized spacial score (nSPS) is 24.2. The number of carboxylic acids is 1. The fourth-order valence-corrected chi connectivity index (χ4v) is 5.84. The number of anilines is 1. The van der Waals surface area contributed by atoms with E-state index in [0.717, 1.165) is 18.9 Å². The lowest BCUT2D eigenvalue weighted by atomic mass is 9.70. The van der Waals surface area contributed by atoms with Crippen molar-refractivity contribution >= 4 is 24.2 Å². The molecule has 2 aliphatic heterocycles. The lowest BCUT2D eigenvalue weighted by Crippen LogP contribution is -2.59. The summed E-state index contributed by atoms with van der Waals surface area (Å²) in [6, 6.07) is 4.06. The number of carbonyl (C=O) groups excluding carboxylic acids is 1. The average Bonchev–Trinajstić information content (AvgIpc) is 3.46. The molecule has 3 fully saturated rings. The second kappa shape index (κ2) is 19.3. The number of rotatable bonds is 6. The Labute approximate surface area is 281 Å². The zero-order valence-electron chi connectivity index (χ0n) is 27.3. The number of aromatic nitrogens is 1. The van der Waals surface area contributed by atoms with Crippen molar-refractivity contribution in [3.05, 3.63) is 23.9 Å². The smallest absolute Gasteiger partial charge is 0.483 e. The Morgan fingerprint density at radius 2 is 1.62 bits per heavy atom. The number of nitrogens with one attached hydrogen (secondary N) is 1. The van der Waals surface area contributed by atoms with Gasteiger partial charge in [0, 0.05) is 52.0 Å². The van der Waals surface area contributed by atoms with Gasteiger partial charge >= 0.3 is 25.0 Å². The highest BCUT2D eigenvalue weighted by molar-refractivity contribution is 5.85. The van der Waals surface area contributed by atoms with Gasteiger partial charge in [0.15, 0.2) is 0 Å². The van der Waals surface area contributed by atoms with Crippen LogP contribution in [0.4, 0.5) is 45.3 Å². The van der Waals surface area contributed by atoms with Gasteiger partial charge in [-0.15, -0.1) is 0 Å². The Morgan fingerprint density at radius 3 is 2.08 bits per heavy atom. The lowest BCUT2D eigenvalue weighted by molar-refractivity contribution is -0.192. The fourth-order valence-electron chi connectivity index (χ4n) is 5.84.